The summed E-state index contributed by atoms with van der Waals surface area (Å²) >= 11 is 1.73. The van der Waals surface area contributed by atoms with Crippen LogP contribution in [0.15, 0.2) is 64.5 Å². The molecule has 2 nitrogen and oxygen atoms in total. The second kappa shape index (κ2) is 5.93. The first-order chi connectivity index (χ1) is 13.0. The van der Waals surface area contributed by atoms with Crippen molar-refractivity contribution in [3.05, 3.63) is 65.7 Å². The summed E-state index contributed by atoms with van der Waals surface area (Å²) in [4.78, 5) is 4.65. The van der Waals surface area contributed by atoms with Gasteiger partial charge in [-0.2, -0.15) is 0 Å². The van der Waals surface area contributed by atoms with Crippen LogP contribution in [0.25, 0.3) is 43.3 Å². The molecule has 5 aromatic rings. The van der Waals surface area contributed by atoms with E-state index in [1.807, 2.05) is 6.20 Å². The van der Waals surface area contributed by atoms with Crippen LogP contribution < -0.4 is 0 Å². The Morgan fingerprint density at radius 2 is 1.81 bits per heavy atom. The van der Waals surface area contributed by atoms with Gasteiger partial charge in [-0.05, 0) is 58.5 Å². The smallest absolute Gasteiger partial charge is 0.153 e. The van der Waals surface area contributed by atoms with E-state index >= 15 is 0 Å². The van der Waals surface area contributed by atoms with Gasteiger partial charge in [-0.15, -0.1) is 11.3 Å². The summed E-state index contributed by atoms with van der Waals surface area (Å²) in [6.45, 7) is 6.79. The lowest BCUT2D eigenvalue weighted by Crippen LogP contribution is -2.09. The maximum atomic E-state index is 6.42. The fourth-order valence-electron chi connectivity index (χ4n) is 3.83. The first kappa shape index (κ1) is 16.5. The molecule has 3 heterocycles. The molecular formula is C24H21NOS. The van der Waals surface area contributed by atoms with Gasteiger partial charge in [-0.25, -0.2) is 0 Å². The third kappa shape index (κ3) is 2.83. The number of nitrogens with zero attached hydrogens (tertiary/aromatic N) is 1. The van der Waals surface area contributed by atoms with Crippen LogP contribution in [0, 0.1) is 5.41 Å². The van der Waals surface area contributed by atoms with Crippen LogP contribution in [0.5, 0.6) is 0 Å². The molecule has 0 saturated heterocycles. The number of para-hydroxylation sites is 1. The third-order valence-corrected chi connectivity index (χ3v) is 5.85. The van der Waals surface area contributed by atoms with Gasteiger partial charge in [0.25, 0.3) is 0 Å². The average molecular weight is 372 g/mol. The summed E-state index contributed by atoms with van der Waals surface area (Å²) < 4.78 is 7.63. The van der Waals surface area contributed by atoms with Crippen molar-refractivity contribution in [2.75, 3.05) is 0 Å². The Hall–Kier alpha value is -2.65. The van der Waals surface area contributed by atoms with Crippen LogP contribution in [0.2, 0.25) is 0 Å². The highest BCUT2D eigenvalue weighted by Gasteiger charge is 2.16. The van der Waals surface area contributed by atoms with Gasteiger partial charge in [-0.3, -0.25) is 4.98 Å². The molecule has 3 aromatic heterocycles. The van der Waals surface area contributed by atoms with Crippen molar-refractivity contribution in [1.29, 1.82) is 0 Å². The first-order valence-electron chi connectivity index (χ1n) is 9.26. The number of fused-ring (bicyclic) bond motifs is 5. The lowest BCUT2D eigenvalue weighted by atomic mass is 9.88. The van der Waals surface area contributed by atoms with E-state index in [1.165, 1.54) is 21.0 Å². The van der Waals surface area contributed by atoms with E-state index in [1.54, 1.807) is 11.3 Å². The number of benzene rings is 2. The molecule has 0 N–H and O–H groups in total. The minimum atomic E-state index is 0.245. The van der Waals surface area contributed by atoms with Gasteiger partial charge in [0.15, 0.2) is 5.58 Å². The fourth-order valence-corrected chi connectivity index (χ4v) is 4.71. The van der Waals surface area contributed by atoms with Crippen molar-refractivity contribution in [3.8, 4) is 11.3 Å². The number of furan rings is 1. The molecule has 0 fully saturated rings. The zero-order chi connectivity index (χ0) is 18.6. The van der Waals surface area contributed by atoms with Crippen molar-refractivity contribution in [2.24, 2.45) is 5.41 Å². The summed E-state index contributed by atoms with van der Waals surface area (Å²) in [6, 6.07) is 17.2. The molecule has 0 amide bonds. The van der Waals surface area contributed by atoms with Crippen LogP contribution in [0.4, 0.5) is 0 Å². The number of hydrogen-bond acceptors (Lipinski definition) is 3. The minimum absolute atomic E-state index is 0.245. The van der Waals surface area contributed by atoms with Gasteiger partial charge in [0.2, 0.25) is 0 Å². The maximum Gasteiger partial charge on any atom is 0.153 e. The lowest BCUT2D eigenvalue weighted by Gasteiger charge is -2.18. The van der Waals surface area contributed by atoms with Gasteiger partial charge in [0, 0.05) is 22.5 Å². The normalized spacial score (nSPS) is 12.4. The van der Waals surface area contributed by atoms with E-state index in [0.29, 0.717) is 0 Å². The molecule has 0 aliphatic carbocycles. The van der Waals surface area contributed by atoms with E-state index in [4.69, 9.17) is 4.42 Å². The van der Waals surface area contributed by atoms with Gasteiger partial charge in [0.1, 0.15) is 5.58 Å². The van der Waals surface area contributed by atoms with E-state index in [0.717, 1.165) is 34.2 Å². The molecule has 27 heavy (non-hydrogen) atoms. The zero-order valence-electron chi connectivity index (χ0n) is 15.7. The largest absolute Gasteiger partial charge is 0.454 e. The van der Waals surface area contributed by atoms with E-state index in [2.05, 4.69) is 79.7 Å². The van der Waals surface area contributed by atoms with Gasteiger partial charge >= 0.3 is 0 Å². The Balaban J connectivity index is 1.74. The van der Waals surface area contributed by atoms with Crippen molar-refractivity contribution in [1.82, 2.24) is 4.98 Å². The molecule has 3 heteroatoms. The highest BCUT2D eigenvalue weighted by atomic mass is 32.1. The number of aromatic nitrogens is 1. The van der Waals surface area contributed by atoms with Crippen molar-refractivity contribution in [2.45, 2.75) is 27.2 Å². The first-order valence-corrected chi connectivity index (χ1v) is 10.1. The minimum Gasteiger partial charge on any atom is -0.454 e. The predicted octanol–water partition coefficient (Wildman–Crippen LogP) is 7.45. The predicted molar refractivity (Wildman–Crippen MR) is 115 cm³/mol. The zero-order valence-corrected chi connectivity index (χ0v) is 16.6. The van der Waals surface area contributed by atoms with E-state index < -0.39 is 0 Å². The van der Waals surface area contributed by atoms with Crippen LogP contribution in [-0.2, 0) is 6.42 Å². The molecule has 0 aliphatic heterocycles. The highest BCUT2D eigenvalue weighted by molar-refractivity contribution is 7.18. The highest BCUT2D eigenvalue weighted by Crippen LogP contribution is 2.39. The molecule has 2 aromatic carbocycles. The summed E-state index contributed by atoms with van der Waals surface area (Å²) in [6.07, 6.45) is 2.93. The third-order valence-electron chi connectivity index (χ3n) is 4.92. The number of hydrogen-bond donors (Lipinski definition) is 0. The Bertz CT molecular complexity index is 1290. The van der Waals surface area contributed by atoms with Crippen LogP contribution >= 0.6 is 11.3 Å². The molecule has 0 spiro atoms. The molecule has 0 radical (unpaired) electrons. The van der Waals surface area contributed by atoms with Crippen molar-refractivity contribution >= 4 is 43.4 Å². The second-order valence-electron chi connectivity index (χ2n) is 8.35. The van der Waals surface area contributed by atoms with E-state index in [-0.39, 0.29) is 5.41 Å². The molecule has 0 aliphatic rings. The fraction of sp³-hybridized carbons (Fsp3) is 0.208. The van der Waals surface area contributed by atoms with Crippen LogP contribution in [0.1, 0.15) is 26.3 Å². The molecule has 0 bridgehead atoms. The molecule has 0 unspecified atom stereocenters. The van der Waals surface area contributed by atoms with Gasteiger partial charge in [0.05, 0.1) is 10.4 Å². The Kier molecular flexibility index (Phi) is 3.63. The average Bonchev–Trinajstić information content (AvgIpc) is 3.24. The standard InChI is InChI=1S/C24H21NOS/c1-24(2,3)14-15-9-11-25-20(13-15)19-6-4-5-17-18-8-7-16-10-12-27-23(16)22(18)26-21(17)19/h4-13H,14H2,1-3H3. The Morgan fingerprint density at radius 3 is 2.67 bits per heavy atom. The van der Waals surface area contributed by atoms with Crippen LogP contribution in [-0.4, -0.2) is 4.98 Å². The molecule has 0 saturated carbocycles. The Morgan fingerprint density at radius 1 is 0.963 bits per heavy atom. The SMILES string of the molecule is CC(C)(C)Cc1ccnc(-c2cccc3c2oc2c3ccc3ccsc32)c1. The maximum absolute atomic E-state index is 6.42. The number of thiophene rings is 1. The lowest BCUT2D eigenvalue weighted by molar-refractivity contribution is 0.411. The second-order valence-corrected chi connectivity index (χ2v) is 9.27. The summed E-state index contributed by atoms with van der Waals surface area (Å²) in [7, 11) is 0. The van der Waals surface area contributed by atoms with E-state index in [9.17, 15) is 0 Å². The van der Waals surface area contributed by atoms with Crippen molar-refractivity contribution < 1.29 is 4.42 Å². The monoisotopic (exact) mass is 371 g/mol. The summed E-state index contributed by atoms with van der Waals surface area (Å²) in [5, 5.41) is 5.68. The number of rotatable bonds is 2. The Labute approximate surface area is 162 Å². The van der Waals surface area contributed by atoms with Gasteiger partial charge in [-0.1, -0.05) is 39.0 Å². The molecule has 134 valence electrons. The molecule has 5 rings (SSSR count). The summed E-state index contributed by atoms with van der Waals surface area (Å²) in [5.74, 6) is 0. The number of pyridine rings is 1. The summed E-state index contributed by atoms with van der Waals surface area (Å²) in [5.41, 5.74) is 5.49. The van der Waals surface area contributed by atoms with Crippen molar-refractivity contribution in [3.63, 3.8) is 0 Å². The topological polar surface area (TPSA) is 26.0 Å². The molecule has 0 atom stereocenters. The van der Waals surface area contributed by atoms with Crippen LogP contribution in [0.3, 0.4) is 0 Å². The quantitative estimate of drug-likeness (QED) is 0.322. The molecular weight excluding hydrogens is 350 g/mol. The van der Waals surface area contributed by atoms with Gasteiger partial charge < -0.3 is 4.42 Å².